The Hall–Kier alpha value is -1.11. The van der Waals surface area contributed by atoms with Crippen molar-refractivity contribution in [3.05, 3.63) is 34.4 Å². The van der Waals surface area contributed by atoms with Gasteiger partial charge in [0, 0.05) is 16.6 Å². The number of Topliss-reactive ketones (excluding diaryl/α,β-unsaturated/α-hetero) is 1. The molecule has 2 aliphatic rings. The highest BCUT2D eigenvalue weighted by molar-refractivity contribution is 6.11. The summed E-state index contributed by atoms with van der Waals surface area (Å²) in [7, 11) is 0. The van der Waals surface area contributed by atoms with Gasteiger partial charge in [0.05, 0.1) is 0 Å². The number of ketones is 1. The average Bonchev–Trinajstić information content (AvgIpc) is 2.47. The Morgan fingerprint density at radius 3 is 1.71 bits per heavy atom. The molecule has 0 radical (unpaired) electrons. The summed E-state index contributed by atoms with van der Waals surface area (Å²) < 4.78 is 0. The number of hydrogen-bond acceptors (Lipinski definition) is 1. The van der Waals surface area contributed by atoms with Crippen LogP contribution in [-0.2, 0) is 4.79 Å². The summed E-state index contributed by atoms with van der Waals surface area (Å²) in [5.41, 5.74) is 5.15. The van der Waals surface area contributed by atoms with Crippen molar-refractivity contribution < 1.29 is 4.79 Å². The molecule has 0 aromatic rings. The van der Waals surface area contributed by atoms with Gasteiger partial charge in [0.25, 0.3) is 0 Å². The van der Waals surface area contributed by atoms with E-state index in [4.69, 9.17) is 0 Å². The van der Waals surface area contributed by atoms with Crippen molar-refractivity contribution in [2.24, 2.45) is 16.2 Å². The molecule has 0 unspecified atom stereocenters. The largest absolute Gasteiger partial charge is 0.289 e. The second-order valence-corrected chi connectivity index (χ2v) is 9.77. The van der Waals surface area contributed by atoms with Crippen LogP contribution in [-0.4, -0.2) is 5.78 Å². The SMILES string of the molecule is CCC1=C(CC)CC2(C=C(C(C)(C)C)C(=O)C(C(C)(C)C)=C2)CC1. The lowest BCUT2D eigenvalue weighted by Gasteiger charge is -2.42. The first-order valence-electron chi connectivity index (χ1n) is 9.64. The third kappa shape index (κ3) is 3.60. The van der Waals surface area contributed by atoms with Crippen LogP contribution in [0.3, 0.4) is 0 Å². The molecule has 0 atom stereocenters. The molecule has 1 heteroatoms. The number of carbonyl (C=O) groups excluding carboxylic acids is 1. The van der Waals surface area contributed by atoms with Crippen LogP contribution in [0.4, 0.5) is 0 Å². The highest BCUT2D eigenvalue weighted by atomic mass is 16.1. The highest BCUT2D eigenvalue weighted by Gasteiger charge is 2.42. The van der Waals surface area contributed by atoms with Gasteiger partial charge in [0.1, 0.15) is 0 Å². The van der Waals surface area contributed by atoms with Gasteiger partial charge in [-0.3, -0.25) is 4.79 Å². The number of hydrogen-bond donors (Lipinski definition) is 0. The lowest BCUT2D eigenvalue weighted by molar-refractivity contribution is -0.114. The molecule has 0 saturated carbocycles. The molecule has 0 aromatic carbocycles. The fraction of sp³-hybridized carbons (Fsp3) is 0.696. The molecule has 0 aromatic heterocycles. The minimum absolute atomic E-state index is 0.0448. The Balaban J connectivity index is 2.59. The van der Waals surface area contributed by atoms with Crippen molar-refractivity contribution in [2.45, 2.75) is 87.5 Å². The summed E-state index contributed by atoms with van der Waals surface area (Å²) in [6, 6.07) is 0. The molecule has 0 bridgehead atoms. The van der Waals surface area contributed by atoms with E-state index in [0.29, 0.717) is 0 Å². The Morgan fingerprint density at radius 1 is 0.875 bits per heavy atom. The van der Waals surface area contributed by atoms with Crippen LogP contribution in [0.5, 0.6) is 0 Å². The predicted molar refractivity (Wildman–Crippen MR) is 104 cm³/mol. The van der Waals surface area contributed by atoms with Gasteiger partial charge in [-0.1, -0.05) is 78.7 Å². The van der Waals surface area contributed by atoms with E-state index in [1.165, 1.54) is 12.8 Å². The first-order valence-corrected chi connectivity index (χ1v) is 9.64. The van der Waals surface area contributed by atoms with E-state index in [1.807, 2.05) is 0 Å². The standard InChI is InChI=1S/C23H36O/c1-9-16-11-12-23(13-17(16)10-2)14-18(21(3,4)5)20(24)19(15-23)22(6,7)8/h14-15H,9-13H2,1-8H3. The summed E-state index contributed by atoms with van der Waals surface area (Å²) >= 11 is 0. The van der Waals surface area contributed by atoms with Gasteiger partial charge in [-0.15, -0.1) is 0 Å². The number of rotatable bonds is 2. The maximum Gasteiger partial charge on any atom is 0.185 e. The highest BCUT2D eigenvalue weighted by Crippen LogP contribution is 2.51. The molecule has 0 aliphatic heterocycles. The quantitative estimate of drug-likeness (QED) is 0.509. The van der Waals surface area contributed by atoms with Gasteiger partial charge < -0.3 is 0 Å². The number of carbonyl (C=O) groups is 1. The molecule has 0 heterocycles. The van der Waals surface area contributed by atoms with E-state index in [2.05, 4.69) is 67.5 Å². The normalized spacial score (nSPS) is 21.9. The van der Waals surface area contributed by atoms with Crippen LogP contribution >= 0.6 is 0 Å². The summed E-state index contributed by atoms with van der Waals surface area (Å²) in [4.78, 5) is 13.2. The van der Waals surface area contributed by atoms with Crippen LogP contribution in [0.2, 0.25) is 0 Å². The summed E-state index contributed by atoms with van der Waals surface area (Å²) in [5, 5.41) is 0. The fourth-order valence-corrected chi connectivity index (χ4v) is 4.23. The van der Waals surface area contributed by atoms with E-state index < -0.39 is 0 Å². The molecular formula is C23H36O. The van der Waals surface area contributed by atoms with Crippen molar-refractivity contribution in [1.29, 1.82) is 0 Å². The Kier molecular flexibility index (Phi) is 5.06. The predicted octanol–water partition coefficient (Wildman–Crippen LogP) is 6.80. The minimum atomic E-state index is -0.101. The van der Waals surface area contributed by atoms with Gasteiger partial charge in [0.15, 0.2) is 5.78 Å². The zero-order chi connectivity index (χ0) is 18.3. The number of allylic oxidation sites excluding steroid dienone is 6. The van der Waals surface area contributed by atoms with Crippen LogP contribution in [0.1, 0.15) is 87.5 Å². The zero-order valence-corrected chi connectivity index (χ0v) is 17.1. The topological polar surface area (TPSA) is 17.1 Å². The third-order valence-corrected chi connectivity index (χ3v) is 5.76. The van der Waals surface area contributed by atoms with Crippen LogP contribution in [0.25, 0.3) is 0 Å². The summed E-state index contributed by atoms with van der Waals surface area (Å²) in [6.07, 6.45) is 10.4. The molecule has 0 saturated heterocycles. The zero-order valence-electron chi connectivity index (χ0n) is 17.1. The van der Waals surface area contributed by atoms with Crippen LogP contribution in [0.15, 0.2) is 34.4 Å². The maximum absolute atomic E-state index is 13.2. The lowest BCUT2D eigenvalue weighted by Crippen LogP contribution is -2.35. The Bertz CT molecular complexity index is 577. The maximum atomic E-state index is 13.2. The van der Waals surface area contributed by atoms with Crippen LogP contribution in [0, 0.1) is 16.2 Å². The summed E-state index contributed by atoms with van der Waals surface area (Å²) in [6.45, 7) is 17.6. The average molecular weight is 329 g/mol. The monoisotopic (exact) mass is 328 g/mol. The molecular weight excluding hydrogens is 292 g/mol. The smallest absolute Gasteiger partial charge is 0.185 e. The Labute approximate surface area is 149 Å². The summed E-state index contributed by atoms with van der Waals surface area (Å²) in [5.74, 6) is 0.268. The van der Waals surface area contributed by atoms with Gasteiger partial charge in [-0.05, 0) is 42.9 Å². The molecule has 0 fully saturated rings. The van der Waals surface area contributed by atoms with E-state index in [1.54, 1.807) is 11.1 Å². The molecule has 2 aliphatic carbocycles. The molecule has 2 rings (SSSR count). The van der Waals surface area contributed by atoms with Crippen molar-refractivity contribution in [3.63, 3.8) is 0 Å². The molecule has 24 heavy (non-hydrogen) atoms. The van der Waals surface area contributed by atoms with Gasteiger partial charge in [-0.25, -0.2) is 0 Å². The van der Waals surface area contributed by atoms with E-state index >= 15 is 0 Å². The van der Waals surface area contributed by atoms with E-state index in [-0.39, 0.29) is 22.0 Å². The fourth-order valence-electron chi connectivity index (χ4n) is 4.23. The van der Waals surface area contributed by atoms with Crippen molar-refractivity contribution in [2.75, 3.05) is 0 Å². The second kappa shape index (κ2) is 6.32. The van der Waals surface area contributed by atoms with Gasteiger partial charge >= 0.3 is 0 Å². The van der Waals surface area contributed by atoms with Crippen molar-refractivity contribution in [3.8, 4) is 0 Å². The van der Waals surface area contributed by atoms with E-state index in [9.17, 15) is 4.79 Å². The third-order valence-electron chi connectivity index (χ3n) is 5.76. The molecule has 1 nitrogen and oxygen atoms in total. The van der Waals surface area contributed by atoms with E-state index in [0.717, 1.165) is 30.4 Å². The van der Waals surface area contributed by atoms with Gasteiger partial charge in [-0.2, -0.15) is 0 Å². The molecule has 1 spiro atoms. The second-order valence-electron chi connectivity index (χ2n) is 9.77. The van der Waals surface area contributed by atoms with Crippen molar-refractivity contribution >= 4 is 5.78 Å². The molecule has 134 valence electrons. The van der Waals surface area contributed by atoms with Crippen molar-refractivity contribution in [1.82, 2.24) is 0 Å². The van der Waals surface area contributed by atoms with Gasteiger partial charge in [0.2, 0.25) is 0 Å². The minimum Gasteiger partial charge on any atom is -0.289 e. The first kappa shape index (κ1) is 19.2. The Morgan fingerprint density at radius 2 is 1.33 bits per heavy atom. The van der Waals surface area contributed by atoms with Crippen LogP contribution < -0.4 is 0 Å². The molecule has 0 N–H and O–H groups in total. The molecule has 0 amide bonds. The lowest BCUT2D eigenvalue weighted by atomic mass is 9.61. The first-order chi connectivity index (χ1) is 10.9.